The summed E-state index contributed by atoms with van der Waals surface area (Å²) in [6.07, 6.45) is 5.55. The molecule has 0 aliphatic heterocycles. The van der Waals surface area contributed by atoms with Gasteiger partial charge in [-0.1, -0.05) is 25.7 Å². The Morgan fingerprint density at radius 2 is 1.76 bits per heavy atom. The molecule has 0 saturated heterocycles. The third-order valence-electron chi connectivity index (χ3n) is 5.24. The van der Waals surface area contributed by atoms with E-state index in [4.69, 9.17) is 9.84 Å². The quantitative estimate of drug-likeness (QED) is 0.209. The van der Waals surface area contributed by atoms with Crippen molar-refractivity contribution in [3.8, 4) is 0 Å². The summed E-state index contributed by atoms with van der Waals surface area (Å²) >= 11 is 0. The summed E-state index contributed by atoms with van der Waals surface area (Å²) in [5.41, 5.74) is 3.52. The molecular weight excluding hydrogens is 450 g/mol. The number of anilines is 2. The lowest BCUT2D eigenvalue weighted by Crippen LogP contribution is -2.22. The van der Waals surface area contributed by atoms with E-state index < -0.39 is 19.7 Å². The minimum Gasteiger partial charge on any atom is -0.360 e. The van der Waals surface area contributed by atoms with Crippen LogP contribution in [0, 0.1) is 11.6 Å². The van der Waals surface area contributed by atoms with Gasteiger partial charge in [0.1, 0.15) is 18.4 Å². The summed E-state index contributed by atoms with van der Waals surface area (Å²) in [5.74, 6) is -1.27. The number of pyridine rings is 1. The Bertz CT molecular complexity index is 1280. The Hall–Kier alpha value is -3.36. The van der Waals surface area contributed by atoms with Gasteiger partial charge in [0.05, 0.1) is 16.9 Å². The summed E-state index contributed by atoms with van der Waals surface area (Å²) in [6.45, 7) is 8.00. The maximum Gasteiger partial charge on any atom is 0.140 e. The zero-order chi connectivity index (χ0) is 24.1. The number of ether oxygens (including phenoxy) is 1. The number of rotatable bonds is 9. The summed E-state index contributed by atoms with van der Waals surface area (Å²) in [5, 5.41) is 8.72. The zero-order valence-corrected chi connectivity index (χ0v) is 20.6. The van der Waals surface area contributed by atoms with E-state index in [-0.39, 0.29) is 0 Å². The first-order valence-corrected chi connectivity index (χ1v) is 14.9. The van der Waals surface area contributed by atoms with Crippen LogP contribution in [0.3, 0.4) is 0 Å². The standard InChI is InChI=1S/C26H28F2N4OSi/c1-34(2,3)13-12-33-18-32-26-10-8-22(30-23-15-19(27)14-20(28)16-23)17-24(26)25(31-32)9-7-21-6-4-5-11-29-21/h4-11,14-17,30H,12-13,18H2,1-3H3/b9-7+. The molecule has 0 spiro atoms. The van der Waals surface area contributed by atoms with E-state index in [0.717, 1.165) is 34.4 Å². The first-order valence-electron chi connectivity index (χ1n) is 11.2. The first kappa shape index (κ1) is 23.8. The van der Waals surface area contributed by atoms with Crippen LogP contribution in [-0.2, 0) is 11.5 Å². The fraction of sp³-hybridized carbons (Fsp3) is 0.231. The second-order valence-corrected chi connectivity index (χ2v) is 15.0. The molecule has 0 aliphatic rings. The molecule has 0 bridgehead atoms. The Morgan fingerprint density at radius 3 is 2.47 bits per heavy atom. The summed E-state index contributed by atoms with van der Waals surface area (Å²) in [7, 11) is -1.18. The van der Waals surface area contributed by atoms with E-state index in [1.165, 1.54) is 12.1 Å². The largest absolute Gasteiger partial charge is 0.360 e. The number of aromatic nitrogens is 3. The molecule has 0 aliphatic carbocycles. The lowest BCUT2D eigenvalue weighted by molar-refractivity contribution is 0.0816. The van der Waals surface area contributed by atoms with Crippen LogP contribution in [0.5, 0.6) is 0 Å². The van der Waals surface area contributed by atoms with E-state index in [2.05, 4.69) is 29.9 Å². The van der Waals surface area contributed by atoms with Gasteiger partial charge in [0.2, 0.25) is 0 Å². The minimum atomic E-state index is -1.18. The topological polar surface area (TPSA) is 52.0 Å². The number of nitrogens with zero attached hydrogens (tertiary/aromatic N) is 3. The second kappa shape index (κ2) is 10.3. The number of hydrogen-bond acceptors (Lipinski definition) is 4. The monoisotopic (exact) mass is 478 g/mol. The maximum absolute atomic E-state index is 13.6. The van der Waals surface area contributed by atoms with E-state index in [9.17, 15) is 8.78 Å². The highest BCUT2D eigenvalue weighted by Gasteiger charge is 2.14. The van der Waals surface area contributed by atoms with Crippen LogP contribution in [0.1, 0.15) is 11.4 Å². The average molecular weight is 479 g/mol. The lowest BCUT2D eigenvalue weighted by atomic mass is 10.1. The molecule has 2 heterocycles. The van der Waals surface area contributed by atoms with Crippen molar-refractivity contribution < 1.29 is 13.5 Å². The molecule has 4 aromatic rings. The van der Waals surface area contributed by atoms with Gasteiger partial charge in [-0.3, -0.25) is 4.98 Å². The molecule has 8 heteroatoms. The predicted octanol–water partition coefficient (Wildman–Crippen LogP) is 6.94. The highest BCUT2D eigenvalue weighted by Crippen LogP contribution is 2.27. The number of fused-ring (bicyclic) bond motifs is 1. The molecule has 0 amide bonds. The molecule has 5 nitrogen and oxygen atoms in total. The fourth-order valence-corrected chi connectivity index (χ4v) is 4.22. The van der Waals surface area contributed by atoms with Crippen LogP contribution in [0.15, 0.2) is 60.8 Å². The van der Waals surface area contributed by atoms with Crippen LogP contribution >= 0.6 is 0 Å². The van der Waals surface area contributed by atoms with E-state index in [1.54, 1.807) is 6.20 Å². The third-order valence-corrected chi connectivity index (χ3v) is 6.94. The maximum atomic E-state index is 13.6. The summed E-state index contributed by atoms with van der Waals surface area (Å²) in [6, 6.07) is 15.9. The molecule has 34 heavy (non-hydrogen) atoms. The summed E-state index contributed by atoms with van der Waals surface area (Å²) in [4.78, 5) is 4.33. The van der Waals surface area contributed by atoms with Crippen LogP contribution < -0.4 is 5.32 Å². The molecule has 0 saturated carbocycles. The van der Waals surface area contributed by atoms with Gasteiger partial charge in [0, 0.05) is 43.7 Å². The normalized spacial score (nSPS) is 12.0. The molecule has 0 radical (unpaired) electrons. The van der Waals surface area contributed by atoms with E-state index in [0.29, 0.717) is 24.7 Å². The van der Waals surface area contributed by atoms with Crippen molar-refractivity contribution in [3.05, 3.63) is 83.8 Å². The number of hydrogen-bond donors (Lipinski definition) is 1. The molecule has 1 N–H and O–H groups in total. The van der Waals surface area contributed by atoms with Gasteiger partial charge in [0.25, 0.3) is 0 Å². The van der Waals surface area contributed by atoms with Crippen molar-refractivity contribution in [1.29, 1.82) is 0 Å². The van der Waals surface area contributed by atoms with Gasteiger partial charge in [-0.2, -0.15) is 5.10 Å². The number of nitrogens with one attached hydrogen (secondary N) is 1. The van der Waals surface area contributed by atoms with Crippen molar-refractivity contribution in [2.45, 2.75) is 32.4 Å². The molecule has 0 atom stereocenters. The molecule has 0 unspecified atom stereocenters. The smallest absolute Gasteiger partial charge is 0.140 e. The van der Waals surface area contributed by atoms with Crippen LogP contribution in [0.4, 0.5) is 20.2 Å². The molecular formula is C26H28F2N4OSi. The Balaban J connectivity index is 1.63. The van der Waals surface area contributed by atoms with Crippen molar-refractivity contribution in [3.63, 3.8) is 0 Å². The third kappa shape index (κ3) is 6.36. The molecule has 2 aromatic carbocycles. The Kier molecular flexibility index (Phi) is 7.19. The SMILES string of the molecule is C[Si](C)(C)CCOCn1nc(/C=C/c2ccccn2)c2cc(Nc3cc(F)cc(F)c3)ccc21. The van der Waals surface area contributed by atoms with Gasteiger partial charge in [-0.25, -0.2) is 13.5 Å². The van der Waals surface area contributed by atoms with Gasteiger partial charge < -0.3 is 10.1 Å². The van der Waals surface area contributed by atoms with Gasteiger partial charge >= 0.3 is 0 Å². The minimum absolute atomic E-state index is 0.337. The Morgan fingerprint density at radius 1 is 0.971 bits per heavy atom. The van der Waals surface area contributed by atoms with Crippen LogP contribution in [0.2, 0.25) is 25.7 Å². The molecule has 0 fully saturated rings. The van der Waals surface area contributed by atoms with Crippen molar-refractivity contribution in [2.75, 3.05) is 11.9 Å². The first-order chi connectivity index (χ1) is 16.3. The van der Waals surface area contributed by atoms with Crippen molar-refractivity contribution >= 4 is 42.5 Å². The highest BCUT2D eigenvalue weighted by atomic mass is 28.3. The zero-order valence-electron chi connectivity index (χ0n) is 19.6. The van der Waals surface area contributed by atoms with Gasteiger partial charge in [0.15, 0.2) is 0 Å². The van der Waals surface area contributed by atoms with Crippen molar-refractivity contribution in [1.82, 2.24) is 14.8 Å². The van der Waals surface area contributed by atoms with Crippen molar-refractivity contribution in [2.24, 2.45) is 0 Å². The number of halogens is 2. The van der Waals surface area contributed by atoms with Crippen LogP contribution in [-0.4, -0.2) is 29.4 Å². The molecule has 2 aromatic heterocycles. The van der Waals surface area contributed by atoms with Gasteiger partial charge in [-0.15, -0.1) is 0 Å². The van der Waals surface area contributed by atoms with E-state index in [1.807, 2.05) is 53.2 Å². The highest BCUT2D eigenvalue weighted by molar-refractivity contribution is 6.76. The predicted molar refractivity (Wildman–Crippen MR) is 137 cm³/mol. The summed E-state index contributed by atoms with van der Waals surface area (Å²) < 4.78 is 35.0. The second-order valence-electron chi connectivity index (χ2n) is 9.34. The average Bonchev–Trinajstić information content (AvgIpc) is 3.11. The van der Waals surface area contributed by atoms with Gasteiger partial charge in [-0.05, 0) is 60.7 Å². The number of benzene rings is 2. The lowest BCUT2D eigenvalue weighted by Gasteiger charge is -2.15. The molecule has 176 valence electrons. The van der Waals surface area contributed by atoms with E-state index >= 15 is 0 Å². The Labute approximate surface area is 199 Å². The molecule has 4 rings (SSSR count). The fourth-order valence-electron chi connectivity index (χ4n) is 3.46. The van der Waals surface area contributed by atoms with Crippen LogP contribution in [0.25, 0.3) is 23.1 Å².